The van der Waals surface area contributed by atoms with E-state index in [-0.39, 0.29) is 18.3 Å². The van der Waals surface area contributed by atoms with Crippen LogP contribution in [0, 0.1) is 0 Å². The SMILES string of the molecule is [B][C@@H]1O[C@H](COC)[C@@H](OCCOC)[C@H]1OC. The highest BCUT2D eigenvalue weighted by Crippen LogP contribution is 2.24. The molecule has 92 valence electrons. The average Bonchev–Trinajstić information content (AvgIpc) is 2.56. The van der Waals surface area contributed by atoms with Crippen molar-refractivity contribution >= 4 is 7.85 Å². The molecule has 0 spiro atoms. The standard InChI is InChI=1S/C10H19BO5/c1-12-4-5-15-8-7(6-13-2)16-10(11)9(8)14-3/h7-10H,4-6H2,1-3H3/t7-,8-,9-,10-/m1/s1. The van der Waals surface area contributed by atoms with Gasteiger partial charge in [-0.25, -0.2) is 0 Å². The summed E-state index contributed by atoms with van der Waals surface area (Å²) >= 11 is 0. The van der Waals surface area contributed by atoms with Crippen LogP contribution in [0.4, 0.5) is 0 Å². The second-order valence-corrected chi connectivity index (χ2v) is 3.62. The molecule has 0 aliphatic carbocycles. The van der Waals surface area contributed by atoms with Crippen LogP contribution in [0.2, 0.25) is 0 Å². The highest BCUT2D eigenvalue weighted by Gasteiger charge is 2.42. The number of ether oxygens (including phenoxy) is 5. The molecule has 4 atom stereocenters. The summed E-state index contributed by atoms with van der Waals surface area (Å²) in [7, 11) is 10.6. The van der Waals surface area contributed by atoms with Crippen molar-refractivity contribution in [3.8, 4) is 0 Å². The molecule has 16 heavy (non-hydrogen) atoms. The third kappa shape index (κ3) is 3.43. The normalized spacial score (nSPS) is 34.4. The van der Waals surface area contributed by atoms with Crippen molar-refractivity contribution in [1.82, 2.24) is 0 Å². The Hall–Kier alpha value is -0.135. The van der Waals surface area contributed by atoms with Crippen molar-refractivity contribution < 1.29 is 23.7 Å². The van der Waals surface area contributed by atoms with Gasteiger partial charge in [0, 0.05) is 27.3 Å². The molecule has 1 heterocycles. The lowest BCUT2D eigenvalue weighted by Gasteiger charge is -2.22. The highest BCUT2D eigenvalue weighted by molar-refractivity contribution is 6.11. The Morgan fingerprint density at radius 1 is 1.06 bits per heavy atom. The molecule has 0 N–H and O–H groups in total. The van der Waals surface area contributed by atoms with Gasteiger partial charge in [0.15, 0.2) is 0 Å². The van der Waals surface area contributed by atoms with Gasteiger partial charge in [-0.3, -0.25) is 0 Å². The van der Waals surface area contributed by atoms with Crippen LogP contribution in [-0.2, 0) is 23.7 Å². The molecule has 1 aliphatic heterocycles. The first-order chi connectivity index (χ1) is 7.74. The first-order valence-corrected chi connectivity index (χ1v) is 5.28. The van der Waals surface area contributed by atoms with E-state index in [1.54, 1.807) is 21.3 Å². The van der Waals surface area contributed by atoms with Crippen LogP contribution in [0.1, 0.15) is 0 Å². The molecule has 1 aliphatic rings. The van der Waals surface area contributed by atoms with Crippen molar-refractivity contribution in [2.75, 3.05) is 41.2 Å². The Bertz CT molecular complexity index is 192. The minimum Gasteiger partial charge on any atom is -0.382 e. The van der Waals surface area contributed by atoms with E-state index in [0.29, 0.717) is 19.8 Å². The minimum atomic E-state index is -0.474. The highest BCUT2D eigenvalue weighted by atomic mass is 16.6. The van der Waals surface area contributed by atoms with Crippen LogP contribution in [0.25, 0.3) is 0 Å². The fourth-order valence-corrected chi connectivity index (χ4v) is 1.79. The zero-order valence-electron chi connectivity index (χ0n) is 10.0. The average molecular weight is 230 g/mol. The van der Waals surface area contributed by atoms with Crippen molar-refractivity contribution in [2.45, 2.75) is 24.3 Å². The van der Waals surface area contributed by atoms with E-state index < -0.39 is 6.00 Å². The topological polar surface area (TPSA) is 46.2 Å². The van der Waals surface area contributed by atoms with Gasteiger partial charge in [0.1, 0.15) is 26.2 Å². The number of methoxy groups -OCH3 is 3. The molecule has 0 aromatic rings. The summed E-state index contributed by atoms with van der Waals surface area (Å²) < 4.78 is 26.4. The first kappa shape index (κ1) is 13.9. The van der Waals surface area contributed by atoms with Gasteiger partial charge >= 0.3 is 0 Å². The summed E-state index contributed by atoms with van der Waals surface area (Å²) in [5, 5.41) is 0. The molecular formula is C10H19BO5. The second-order valence-electron chi connectivity index (χ2n) is 3.62. The van der Waals surface area contributed by atoms with Crippen LogP contribution in [0.5, 0.6) is 0 Å². The van der Waals surface area contributed by atoms with E-state index in [1.165, 1.54) is 0 Å². The zero-order chi connectivity index (χ0) is 12.0. The Kier molecular flexibility index (Phi) is 6.30. The van der Waals surface area contributed by atoms with Gasteiger partial charge in [-0.15, -0.1) is 0 Å². The third-order valence-electron chi connectivity index (χ3n) is 2.55. The van der Waals surface area contributed by atoms with E-state index in [4.69, 9.17) is 31.5 Å². The maximum atomic E-state index is 5.79. The fourth-order valence-electron chi connectivity index (χ4n) is 1.79. The van der Waals surface area contributed by atoms with E-state index in [9.17, 15) is 0 Å². The Morgan fingerprint density at radius 2 is 1.81 bits per heavy atom. The van der Waals surface area contributed by atoms with Gasteiger partial charge in [0.25, 0.3) is 0 Å². The van der Waals surface area contributed by atoms with Gasteiger partial charge in [-0.1, -0.05) is 0 Å². The molecule has 0 saturated carbocycles. The van der Waals surface area contributed by atoms with Crippen LogP contribution in [0.15, 0.2) is 0 Å². The Labute approximate surface area is 97.7 Å². The van der Waals surface area contributed by atoms with Crippen molar-refractivity contribution in [1.29, 1.82) is 0 Å². The monoisotopic (exact) mass is 230 g/mol. The molecule has 5 nitrogen and oxygen atoms in total. The van der Waals surface area contributed by atoms with Crippen LogP contribution < -0.4 is 0 Å². The summed E-state index contributed by atoms with van der Waals surface area (Å²) in [6.07, 6.45) is -0.672. The maximum absolute atomic E-state index is 5.79. The third-order valence-corrected chi connectivity index (χ3v) is 2.55. The van der Waals surface area contributed by atoms with Gasteiger partial charge in [0.2, 0.25) is 0 Å². The summed E-state index contributed by atoms with van der Waals surface area (Å²) in [6, 6.07) is -0.474. The molecule has 0 bridgehead atoms. The predicted octanol–water partition coefficient (Wildman–Crippen LogP) is -0.427. The van der Waals surface area contributed by atoms with Gasteiger partial charge in [-0.05, 0) is 0 Å². The molecule has 0 amide bonds. The summed E-state index contributed by atoms with van der Waals surface area (Å²) in [5.74, 6) is 0. The predicted molar refractivity (Wildman–Crippen MR) is 58.7 cm³/mol. The molecule has 0 aromatic heterocycles. The summed E-state index contributed by atoms with van der Waals surface area (Å²) in [6.45, 7) is 1.45. The van der Waals surface area contributed by atoms with E-state index in [1.807, 2.05) is 0 Å². The zero-order valence-corrected chi connectivity index (χ0v) is 10.0. The van der Waals surface area contributed by atoms with Crippen LogP contribution in [0.3, 0.4) is 0 Å². The number of hydrogen-bond donors (Lipinski definition) is 0. The molecular weight excluding hydrogens is 211 g/mol. The van der Waals surface area contributed by atoms with Crippen molar-refractivity contribution in [3.05, 3.63) is 0 Å². The lowest BCUT2D eigenvalue weighted by atomic mass is 9.93. The van der Waals surface area contributed by atoms with E-state index in [0.717, 1.165) is 0 Å². The molecule has 1 rings (SSSR count). The second kappa shape index (κ2) is 7.24. The first-order valence-electron chi connectivity index (χ1n) is 5.28. The van der Waals surface area contributed by atoms with Gasteiger partial charge < -0.3 is 23.7 Å². The van der Waals surface area contributed by atoms with Crippen molar-refractivity contribution in [2.24, 2.45) is 0 Å². The minimum absolute atomic E-state index is 0.193. The largest absolute Gasteiger partial charge is 0.382 e. The quantitative estimate of drug-likeness (QED) is 0.438. The van der Waals surface area contributed by atoms with E-state index in [2.05, 4.69) is 0 Å². The Morgan fingerprint density at radius 3 is 2.38 bits per heavy atom. The molecule has 1 saturated heterocycles. The smallest absolute Gasteiger partial charge is 0.114 e. The molecule has 2 radical (unpaired) electrons. The summed E-state index contributed by atoms with van der Waals surface area (Å²) in [4.78, 5) is 0. The maximum Gasteiger partial charge on any atom is 0.114 e. The van der Waals surface area contributed by atoms with E-state index >= 15 is 0 Å². The summed E-state index contributed by atoms with van der Waals surface area (Å²) in [5.41, 5.74) is 0. The molecule has 0 aromatic carbocycles. The number of rotatable bonds is 7. The lowest BCUT2D eigenvalue weighted by molar-refractivity contribution is -0.0760. The van der Waals surface area contributed by atoms with Crippen LogP contribution >= 0.6 is 0 Å². The van der Waals surface area contributed by atoms with Gasteiger partial charge in [0.05, 0.1) is 19.8 Å². The van der Waals surface area contributed by atoms with Crippen LogP contribution in [-0.4, -0.2) is 73.3 Å². The number of hydrogen-bond acceptors (Lipinski definition) is 5. The Balaban J connectivity index is 2.49. The molecule has 1 fully saturated rings. The van der Waals surface area contributed by atoms with Gasteiger partial charge in [-0.2, -0.15) is 0 Å². The molecule has 6 heteroatoms. The fraction of sp³-hybridized carbons (Fsp3) is 1.00. The lowest BCUT2D eigenvalue weighted by Crippen LogP contribution is -2.39. The van der Waals surface area contributed by atoms with Crippen molar-refractivity contribution in [3.63, 3.8) is 0 Å². The molecule has 0 unspecified atom stereocenters.